The van der Waals surface area contributed by atoms with Crippen LogP contribution in [0.5, 0.6) is 0 Å². The number of nitrogens with zero attached hydrogens (tertiary/aromatic N) is 1. The van der Waals surface area contributed by atoms with Crippen molar-refractivity contribution < 1.29 is 8.42 Å². The van der Waals surface area contributed by atoms with Gasteiger partial charge in [0.1, 0.15) is 0 Å². The number of thioether (sulfide) groups is 1. The third kappa shape index (κ3) is 5.29. The maximum absolute atomic E-state index is 12.5. The monoisotopic (exact) mass is 330 g/mol. The van der Waals surface area contributed by atoms with E-state index in [0.29, 0.717) is 4.90 Å². The Balaban J connectivity index is 2.79. The summed E-state index contributed by atoms with van der Waals surface area (Å²) in [7, 11) is -1.76. The Morgan fingerprint density at radius 2 is 1.90 bits per heavy atom. The fourth-order valence-electron chi connectivity index (χ4n) is 1.94. The first-order chi connectivity index (χ1) is 9.93. The van der Waals surface area contributed by atoms with Crippen LogP contribution in [-0.4, -0.2) is 44.4 Å². The molecule has 0 aliphatic rings. The smallest absolute Gasteiger partial charge is 0.243 e. The molecule has 0 bridgehead atoms. The van der Waals surface area contributed by atoms with Gasteiger partial charge in [-0.1, -0.05) is 19.1 Å². The van der Waals surface area contributed by atoms with Crippen LogP contribution in [0.3, 0.4) is 0 Å². The Morgan fingerprint density at radius 1 is 1.29 bits per heavy atom. The van der Waals surface area contributed by atoms with Crippen LogP contribution in [0.4, 0.5) is 0 Å². The van der Waals surface area contributed by atoms with Crippen LogP contribution in [0.1, 0.15) is 25.8 Å². The number of benzene rings is 1. The standard InChI is InChI=1S/C15H26N2O2S2/c1-5-10-16-11-14-6-8-15(9-7-14)21(18,19)17(3)13(2)12-20-4/h6-9,13,16H,5,10-12H2,1-4H3. The zero-order valence-corrected chi connectivity index (χ0v) is 14.9. The lowest BCUT2D eigenvalue weighted by Gasteiger charge is -2.23. The minimum atomic E-state index is -3.40. The average Bonchev–Trinajstić information content (AvgIpc) is 2.47. The minimum Gasteiger partial charge on any atom is -0.313 e. The van der Waals surface area contributed by atoms with Crippen LogP contribution < -0.4 is 5.32 Å². The number of hydrogen-bond acceptors (Lipinski definition) is 4. The first-order valence-electron chi connectivity index (χ1n) is 7.20. The third-order valence-corrected chi connectivity index (χ3v) is 6.19. The molecule has 1 aromatic rings. The highest BCUT2D eigenvalue weighted by Gasteiger charge is 2.24. The van der Waals surface area contributed by atoms with E-state index in [2.05, 4.69) is 12.2 Å². The maximum Gasteiger partial charge on any atom is 0.243 e. The van der Waals surface area contributed by atoms with Gasteiger partial charge >= 0.3 is 0 Å². The van der Waals surface area contributed by atoms with Crippen molar-refractivity contribution in [1.29, 1.82) is 0 Å². The van der Waals surface area contributed by atoms with Crippen molar-refractivity contribution in [1.82, 2.24) is 9.62 Å². The van der Waals surface area contributed by atoms with Crippen molar-refractivity contribution in [2.24, 2.45) is 0 Å². The molecule has 0 amide bonds. The van der Waals surface area contributed by atoms with Gasteiger partial charge in [0, 0.05) is 25.4 Å². The lowest BCUT2D eigenvalue weighted by molar-refractivity contribution is 0.415. The molecule has 1 rings (SSSR count). The highest BCUT2D eigenvalue weighted by Crippen LogP contribution is 2.18. The van der Waals surface area contributed by atoms with Crippen molar-refractivity contribution in [2.45, 2.75) is 37.8 Å². The van der Waals surface area contributed by atoms with Gasteiger partial charge in [0.2, 0.25) is 10.0 Å². The van der Waals surface area contributed by atoms with Crippen LogP contribution in [-0.2, 0) is 16.6 Å². The molecular weight excluding hydrogens is 304 g/mol. The molecule has 1 aromatic carbocycles. The van der Waals surface area contributed by atoms with Gasteiger partial charge in [-0.3, -0.25) is 0 Å². The second kappa shape index (κ2) is 8.78. The highest BCUT2D eigenvalue weighted by molar-refractivity contribution is 7.98. The minimum absolute atomic E-state index is 0.0177. The quantitative estimate of drug-likeness (QED) is 0.707. The molecule has 1 N–H and O–H groups in total. The van der Waals surface area contributed by atoms with E-state index in [1.165, 1.54) is 4.31 Å². The summed E-state index contributed by atoms with van der Waals surface area (Å²) in [6.45, 7) is 5.78. The SMILES string of the molecule is CCCNCc1ccc(S(=O)(=O)N(C)C(C)CSC)cc1. The molecule has 1 atom stereocenters. The molecule has 21 heavy (non-hydrogen) atoms. The summed E-state index contributed by atoms with van der Waals surface area (Å²) in [4.78, 5) is 0.359. The largest absolute Gasteiger partial charge is 0.313 e. The van der Waals surface area contributed by atoms with Gasteiger partial charge in [-0.25, -0.2) is 8.42 Å². The third-order valence-electron chi connectivity index (χ3n) is 3.38. The van der Waals surface area contributed by atoms with Gasteiger partial charge in [-0.15, -0.1) is 0 Å². The van der Waals surface area contributed by atoms with Gasteiger partial charge < -0.3 is 5.32 Å². The van der Waals surface area contributed by atoms with E-state index in [-0.39, 0.29) is 6.04 Å². The summed E-state index contributed by atoms with van der Waals surface area (Å²) < 4.78 is 26.5. The van der Waals surface area contributed by atoms with Crippen LogP contribution in [0, 0.1) is 0 Å². The Labute approximate surface area is 133 Å². The first kappa shape index (κ1) is 18.5. The molecule has 0 aliphatic heterocycles. The van der Waals surface area contributed by atoms with Crippen LogP contribution >= 0.6 is 11.8 Å². The van der Waals surface area contributed by atoms with E-state index < -0.39 is 10.0 Å². The molecule has 0 radical (unpaired) electrons. The van der Waals surface area contributed by atoms with Crippen LogP contribution in [0.15, 0.2) is 29.2 Å². The van der Waals surface area contributed by atoms with E-state index in [0.717, 1.165) is 30.8 Å². The summed E-state index contributed by atoms with van der Waals surface area (Å²) in [5, 5.41) is 3.30. The van der Waals surface area contributed by atoms with Crippen molar-refractivity contribution in [3.8, 4) is 0 Å². The molecule has 4 nitrogen and oxygen atoms in total. The Morgan fingerprint density at radius 3 is 2.43 bits per heavy atom. The van der Waals surface area contributed by atoms with Crippen molar-refractivity contribution in [2.75, 3.05) is 25.6 Å². The highest BCUT2D eigenvalue weighted by atomic mass is 32.2. The second-order valence-corrected chi connectivity index (χ2v) is 8.05. The Hall–Kier alpha value is -0.560. The van der Waals surface area contributed by atoms with Crippen molar-refractivity contribution >= 4 is 21.8 Å². The molecular formula is C15H26N2O2S2. The van der Waals surface area contributed by atoms with E-state index >= 15 is 0 Å². The summed E-state index contributed by atoms with van der Waals surface area (Å²) in [5.41, 5.74) is 1.10. The zero-order chi connectivity index (χ0) is 15.9. The molecule has 0 spiro atoms. The average molecular weight is 331 g/mol. The number of nitrogens with one attached hydrogen (secondary N) is 1. The van der Waals surface area contributed by atoms with Gasteiger partial charge in [-0.05, 0) is 43.8 Å². The van der Waals surface area contributed by atoms with E-state index in [1.54, 1.807) is 30.9 Å². The van der Waals surface area contributed by atoms with Crippen molar-refractivity contribution in [3.05, 3.63) is 29.8 Å². The molecule has 120 valence electrons. The molecule has 0 saturated carbocycles. The van der Waals surface area contributed by atoms with E-state index in [4.69, 9.17) is 0 Å². The van der Waals surface area contributed by atoms with Gasteiger partial charge in [-0.2, -0.15) is 16.1 Å². The van der Waals surface area contributed by atoms with Gasteiger partial charge in [0.25, 0.3) is 0 Å². The Bertz CT molecular complexity index is 515. The molecule has 1 unspecified atom stereocenters. The lowest BCUT2D eigenvalue weighted by Crippen LogP contribution is -2.36. The summed E-state index contributed by atoms with van der Waals surface area (Å²) >= 11 is 1.65. The van der Waals surface area contributed by atoms with Crippen molar-refractivity contribution in [3.63, 3.8) is 0 Å². The van der Waals surface area contributed by atoms with Gasteiger partial charge in [0.05, 0.1) is 4.90 Å². The predicted molar refractivity (Wildman–Crippen MR) is 91.2 cm³/mol. The fourth-order valence-corrected chi connectivity index (χ4v) is 4.10. The normalized spacial score (nSPS) is 13.6. The first-order valence-corrected chi connectivity index (χ1v) is 10.0. The second-order valence-electron chi connectivity index (χ2n) is 5.15. The number of sulfonamides is 1. The topological polar surface area (TPSA) is 49.4 Å². The van der Waals surface area contributed by atoms with Gasteiger partial charge in [0.15, 0.2) is 0 Å². The van der Waals surface area contributed by atoms with Crippen LogP contribution in [0.2, 0.25) is 0 Å². The Kier molecular flexibility index (Phi) is 7.73. The number of rotatable bonds is 9. The van der Waals surface area contributed by atoms with E-state index in [9.17, 15) is 8.42 Å². The number of hydrogen-bond donors (Lipinski definition) is 1. The molecule has 0 aliphatic carbocycles. The molecule has 0 saturated heterocycles. The lowest BCUT2D eigenvalue weighted by atomic mass is 10.2. The molecule has 0 aromatic heterocycles. The summed E-state index contributed by atoms with van der Waals surface area (Å²) in [6, 6.07) is 7.13. The molecule has 0 fully saturated rings. The van der Waals surface area contributed by atoms with E-state index in [1.807, 2.05) is 25.3 Å². The molecule has 6 heteroatoms. The maximum atomic E-state index is 12.5. The zero-order valence-electron chi connectivity index (χ0n) is 13.3. The summed E-state index contributed by atoms with van der Waals surface area (Å²) in [5.74, 6) is 0.786. The predicted octanol–water partition coefficient (Wildman–Crippen LogP) is 2.56. The molecule has 0 heterocycles. The van der Waals surface area contributed by atoms with Crippen LogP contribution in [0.25, 0.3) is 0 Å². The summed E-state index contributed by atoms with van der Waals surface area (Å²) in [6.07, 6.45) is 3.07. The fraction of sp³-hybridized carbons (Fsp3) is 0.600.